The number of fused-ring (bicyclic) bond motifs is 5. The Morgan fingerprint density at radius 2 is 0.878 bits per heavy atom. The molecule has 0 aliphatic heterocycles. The molecular weight excluding hydrogens is 1150 g/mol. The van der Waals surface area contributed by atoms with Crippen LogP contribution >= 0.6 is 0 Å². The molecule has 0 saturated carbocycles. The Hall–Kier alpha value is -12.5. The lowest BCUT2D eigenvalue weighted by molar-refractivity contribution is -0.116. The lowest BCUT2D eigenvalue weighted by atomic mass is 10.1. The van der Waals surface area contributed by atoms with Crippen molar-refractivity contribution in [2.24, 2.45) is 0 Å². The van der Waals surface area contributed by atoms with Crippen LogP contribution in [0.5, 0.6) is 0 Å². The monoisotopic (exact) mass is 1210 g/mol. The van der Waals surface area contributed by atoms with Crippen LogP contribution in [0, 0.1) is 6.92 Å². The van der Waals surface area contributed by atoms with Crippen LogP contribution in [-0.2, 0) is 20.8 Å². The number of carbonyl (C=O) groups excluding carboxylic acids is 5. The summed E-state index contributed by atoms with van der Waals surface area (Å²) in [6, 6.07) is 25.9. The summed E-state index contributed by atoms with van der Waals surface area (Å²) in [5.41, 5.74) is 10.0. The van der Waals surface area contributed by atoms with E-state index in [9.17, 15) is 24.0 Å². The number of imidazole rings is 5. The number of carbonyl (C=O) groups is 5. The van der Waals surface area contributed by atoms with E-state index in [1.165, 1.54) is 74.2 Å². The first-order chi connectivity index (χ1) is 43.8. The van der Waals surface area contributed by atoms with Crippen LogP contribution in [0.25, 0.3) is 55.8 Å². The number of aromatic amines is 5. The third-order valence-corrected chi connectivity index (χ3v) is 12.7. The summed E-state index contributed by atoms with van der Waals surface area (Å²) < 4.78 is 0. The Morgan fingerprint density at radius 1 is 0.456 bits per heavy atom. The Kier molecular flexibility index (Phi) is 21.1. The molecule has 10 heterocycles. The average Bonchev–Trinajstić information content (AvgIpc) is 1.82. The van der Waals surface area contributed by atoms with E-state index in [1.54, 1.807) is 31.3 Å². The normalized spacial score (nSPS) is 10.5. The number of H-pyrrole nitrogens is 5. The van der Waals surface area contributed by atoms with Crippen LogP contribution < -0.4 is 26.2 Å². The number of unbranched alkanes of at least 4 members (excludes halogenated alkanes) is 2. The average molecular weight is 1210 g/mol. The highest BCUT2D eigenvalue weighted by Gasteiger charge is 2.19. The Morgan fingerprint density at radius 3 is 1.36 bits per heavy atom. The van der Waals surface area contributed by atoms with E-state index >= 15 is 0 Å². The predicted octanol–water partition coefficient (Wildman–Crippen LogP) is 8.21. The van der Waals surface area contributed by atoms with Crippen LogP contribution in [0.3, 0.4) is 0 Å². The Labute approximate surface area is 511 Å². The highest BCUT2D eigenvalue weighted by Crippen LogP contribution is 2.22. The fourth-order valence-electron chi connectivity index (χ4n) is 8.30. The zero-order valence-corrected chi connectivity index (χ0v) is 49.2. The topological polar surface area (TPSA) is 409 Å². The molecule has 0 aliphatic rings. The molecule has 30 heteroatoms. The number of amides is 5. The van der Waals surface area contributed by atoms with Crippen molar-refractivity contribution >= 4 is 114 Å². The van der Waals surface area contributed by atoms with Crippen molar-refractivity contribution in [1.29, 1.82) is 0 Å². The first-order valence-electron chi connectivity index (χ1n) is 27.8. The molecule has 9 N–H and O–H groups in total. The van der Waals surface area contributed by atoms with Crippen molar-refractivity contribution in [3.8, 4) is 0 Å². The molecule has 0 fully saturated rings. The fourth-order valence-corrected chi connectivity index (χ4v) is 8.30. The zero-order valence-electron chi connectivity index (χ0n) is 49.2. The summed E-state index contributed by atoms with van der Waals surface area (Å²) in [5.74, 6) is 1.61. The maximum Gasteiger partial charge on any atom is 0.259 e. The summed E-state index contributed by atoms with van der Waals surface area (Å²) in [6.45, 7) is 7.79. The minimum atomic E-state index is -0.213. The summed E-state index contributed by atoms with van der Waals surface area (Å²) >= 11 is 0. The lowest BCUT2D eigenvalue weighted by Gasteiger charge is -2.16. The summed E-state index contributed by atoms with van der Waals surface area (Å²) in [6.07, 6.45) is 19.9. The van der Waals surface area contributed by atoms with Gasteiger partial charge in [-0.2, -0.15) is 0 Å². The number of aryl methyl sites for hydroxylation is 1. The molecule has 13 aromatic rings. The first kappa shape index (κ1) is 62.0. The first-order valence-corrected chi connectivity index (χ1v) is 27.8. The van der Waals surface area contributed by atoms with E-state index in [0.717, 1.165) is 36.0 Å². The maximum atomic E-state index is 12.3. The molecule has 30 nitrogen and oxygen atoms in total. The number of benzene rings is 3. The van der Waals surface area contributed by atoms with Crippen LogP contribution in [0.2, 0.25) is 0 Å². The number of allylic oxidation sites excluding steroid dienone is 1. The summed E-state index contributed by atoms with van der Waals surface area (Å²) in [4.78, 5) is 136. The zero-order chi connectivity index (χ0) is 63.2. The molecule has 454 valence electrons. The van der Waals surface area contributed by atoms with Crippen molar-refractivity contribution in [3.63, 3.8) is 0 Å². The van der Waals surface area contributed by atoms with E-state index in [2.05, 4.69) is 128 Å². The van der Waals surface area contributed by atoms with E-state index in [0.29, 0.717) is 109 Å². The van der Waals surface area contributed by atoms with Gasteiger partial charge in [-0.05, 0) is 57.0 Å². The molecular formula is C60H59N25O5. The molecule has 0 aliphatic carbocycles. The highest BCUT2D eigenvalue weighted by molar-refractivity contribution is 6.09. The highest BCUT2D eigenvalue weighted by atomic mass is 16.2. The van der Waals surface area contributed by atoms with Gasteiger partial charge >= 0.3 is 0 Å². The second kappa shape index (κ2) is 30.5. The van der Waals surface area contributed by atoms with Crippen LogP contribution in [0.4, 0.5) is 29.1 Å². The smallest absolute Gasteiger partial charge is 0.259 e. The van der Waals surface area contributed by atoms with Gasteiger partial charge in [0.25, 0.3) is 11.8 Å². The molecule has 13 rings (SSSR count). The Bertz CT molecular complexity index is 4560. The molecule has 5 amide bonds. The van der Waals surface area contributed by atoms with Gasteiger partial charge in [0.05, 0.1) is 38.1 Å². The number of aromatic nitrogens is 20. The number of nitrogens with one attached hydrogen (secondary N) is 9. The number of hydrogen-bond donors (Lipinski definition) is 9. The van der Waals surface area contributed by atoms with Crippen molar-refractivity contribution < 1.29 is 24.0 Å². The number of nitrogens with zero attached hydrogens (tertiary/aromatic N) is 16. The third kappa shape index (κ3) is 16.7. The molecule has 0 radical (unpaired) electrons. The van der Waals surface area contributed by atoms with Gasteiger partial charge in [-0.3, -0.25) is 28.9 Å². The summed E-state index contributed by atoms with van der Waals surface area (Å²) in [7, 11) is 1.68. The van der Waals surface area contributed by atoms with E-state index in [-0.39, 0.29) is 29.5 Å². The van der Waals surface area contributed by atoms with Gasteiger partial charge in [0.1, 0.15) is 59.2 Å². The standard InChI is InChI=1S/3C13H11N5O.C11H15N5O.C10H11N5O/c1-8-2-4-9(5-3-8)13(19)18-12-10-11(15-6-14-10)16-7-17-12;1-18(13(19)9-5-3-2-4-6-9)12-10-11(15-7-14-10)16-8-17-12;19-10(6-9-4-2-1-3-5-9)18-13-11-12(15-7-14-11)16-8-17-13;1-2-3-4-5-8(17)16-11-9-10(13-6-12-9)14-7-15-11;1-6(2)3-7(16)15-10-8-9(12-4-11-8)13-5-14-10/h2-7H,1H3,(H2,14,15,16,17,18,19);2-8H,1H3,(H,14,15,16,17);1-5,7-8H,6H2,(H2,14,15,16,17,18,19);6-7H,2-5H2,1H3,(H2,12,13,14,15,16,17);3-5H,1-2H3,(H2,11,12,13,14,15,16). The molecule has 90 heavy (non-hydrogen) atoms. The second-order valence-corrected chi connectivity index (χ2v) is 19.6. The third-order valence-electron chi connectivity index (χ3n) is 12.7. The van der Waals surface area contributed by atoms with Crippen molar-refractivity contribution in [2.45, 2.75) is 59.8 Å². The largest absolute Gasteiger partial charge is 0.340 e. The van der Waals surface area contributed by atoms with Crippen molar-refractivity contribution in [2.75, 3.05) is 33.2 Å². The second-order valence-electron chi connectivity index (χ2n) is 19.6. The van der Waals surface area contributed by atoms with Crippen LogP contribution in [0.15, 0.2) is 160 Å². The quantitative estimate of drug-likeness (QED) is 0.0365. The van der Waals surface area contributed by atoms with Crippen molar-refractivity contribution in [3.05, 3.63) is 182 Å². The fraction of sp³-hybridized carbons (Fsp3) is 0.167. The molecule has 3 aromatic carbocycles. The van der Waals surface area contributed by atoms with Crippen LogP contribution in [-0.4, -0.2) is 136 Å². The molecule has 0 bridgehead atoms. The van der Waals surface area contributed by atoms with Gasteiger partial charge in [0.2, 0.25) is 17.7 Å². The SMILES string of the molecule is CC(C)=CC(=O)Nc1ncnc2nc[nH]c12.CCCCCC(=O)Nc1ncnc2nc[nH]c12.CN(C(=O)c1ccccc1)c1ncnc2nc[nH]c12.Cc1ccc(C(=O)Nc2ncnc3nc[nH]c23)cc1.O=C(Cc1ccccc1)Nc1ncnc2nc[nH]c12. The molecule has 10 aromatic heterocycles. The van der Waals surface area contributed by atoms with Crippen molar-refractivity contribution in [1.82, 2.24) is 99.7 Å². The minimum absolute atomic E-state index is 0.0203. The van der Waals surface area contributed by atoms with Crippen LogP contribution in [0.1, 0.15) is 78.3 Å². The molecule has 0 saturated heterocycles. The molecule has 0 spiro atoms. The van der Waals surface area contributed by atoms with E-state index < -0.39 is 0 Å². The van der Waals surface area contributed by atoms with Gasteiger partial charge < -0.3 is 46.2 Å². The maximum absolute atomic E-state index is 12.3. The van der Waals surface area contributed by atoms with Gasteiger partial charge in [0, 0.05) is 30.7 Å². The van der Waals surface area contributed by atoms with E-state index in [1.807, 2.05) is 81.4 Å². The number of hydrogen-bond acceptors (Lipinski definition) is 20. The molecule has 0 unspecified atom stereocenters. The van der Waals surface area contributed by atoms with Gasteiger partial charge in [-0.25, -0.2) is 74.8 Å². The Balaban J connectivity index is 0.000000134. The minimum Gasteiger partial charge on any atom is -0.340 e. The summed E-state index contributed by atoms with van der Waals surface area (Å²) in [5, 5.41) is 10.9. The van der Waals surface area contributed by atoms with Gasteiger partial charge in [-0.1, -0.05) is 91.6 Å². The number of rotatable bonds is 14. The van der Waals surface area contributed by atoms with Gasteiger partial charge in [-0.15, -0.1) is 0 Å². The number of anilines is 5. The molecule has 0 atom stereocenters. The van der Waals surface area contributed by atoms with E-state index in [4.69, 9.17) is 0 Å². The predicted molar refractivity (Wildman–Crippen MR) is 336 cm³/mol. The van der Waals surface area contributed by atoms with Gasteiger partial charge in [0.15, 0.2) is 57.3 Å². The lowest BCUT2D eigenvalue weighted by Crippen LogP contribution is -2.27.